The highest BCUT2D eigenvalue weighted by atomic mass is 35.5. The number of nitrogens with two attached hydrogens (primary N) is 1. The predicted molar refractivity (Wildman–Crippen MR) is 105 cm³/mol. The number of carbonyl (C=O) groups is 1. The van der Waals surface area contributed by atoms with Crippen molar-refractivity contribution in [1.29, 1.82) is 5.26 Å². The van der Waals surface area contributed by atoms with Crippen LogP contribution in [-0.2, 0) is 14.6 Å². The summed E-state index contributed by atoms with van der Waals surface area (Å²) >= 11 is 6.19. The lowest BCUT2D eigenvalue weighted by Gasteiger charge is -2.25. The number of carbonyl (C=O) groups excluding carboxylic acids is 1. The van der Waals surface area contributed by atoms with Gasteiger partial charge in [-0.3, -0.25) is 4.79 Å². The topological polar surface area (TPSA) is 143 Å². The van der Waals surface area contributed by atoms with Gasteiger partial charge in [-0.05, 0) is 31.0 Å². The van der Waals surface area contributed by atoms with E-state index < -0.39 is 27.8 Å². The minimum Gasteiger partial charge on any atom is -0.339 e. The van der Waals surface area contributed by atoms with Crippen LogP contribution in [0.5, 0.6) is 0 Å². The molecule has 0 aliphatic carbocycles. The van der Waals surface area contributed by atoms with Gasteiger partial charge in [-0.15, -0.1) is 0 Å². The summed E-state index contributed by atoms with van der Waals surface area (Å²) in [6.07, 6.45) is 2.48. The Bertz CT molecular complexity index is 1080. The highest BCUT2D eigenvalue weighted by Gasteiger charge is 2.36. The van der Waals surface area contributed by atoms with E-state index >= 15 is 0 Å². The highest BCUT2D eigenvalue weighted by Crippen LogP contribution is 2.30. The molecule has 0 radical (unpaired) electrons. The third-order valence-electron chi connectivity index (χ3n) is 4.95. The molecule has 11 heteroatoms. The summed E-state index contributed by atoms with van der Waals surface area (Å²) in [5.74, 6) is -0.612. The molecule has 1 fully saturated rings. The fourth-order valence-electron chi connectivity index (χ4n) is 3.16. The maximum Gasteiger partial charge on any atom is 0.241 e. The van der Waals surface area contributed by atoms with Crippen LogP contribution in [0.2, 0.25) is 5.02 Å². The van der Waals surface area contributed by atoms with E-state index in [0.717, 1.165) is 12.7 Å². The normalized spacial score (nSPS) is 19.0. The zero-order chi connectivity index (χ0) is 21.3. The summed E-state index contributed by atoms with van der Waals surface area (Å²) in [4.78, 5) is 18.5. The molecule has 1 saturated heterocycles. The second-order valence-electron chi connectivity index (χ2n) is 7.00. The molecule has 1 aromatic carbocycles. The van der Waals surface area contributed by atoms with Crippen LogP contribution in [0.4, 0.5) is 0 Å². The smallest absolute Gasteiger partial charge is 0.241 e. The van der Waals surface area contributed by atoms with Crippen LogP contribution in [0.1, 0.15) is 31.6 Å². The quantitative estimate of drug-likeness (QED) is 0.744. The zero-order valence-corrected chi connectivity index (χ0v) is 17.4. The second-order valence-corrected chi connectivity index (χ2v) is 9.43. The lowest BCUT2D eigenvalue weighted by atomic mass is 10.0. The largest absolute Gasteiger partial charge is 0.339 e. The SMILES string of the molecule is C[C@H](c1nc(-c2ccc(S(C)(=O)=O)cc2Cl)no1)[C@H](N)C(=O)N1CCCC1C#N. The number of hydrogen-bond donors (Lipinski definition) is 1. The van der Waals surface area contributed by atoms with Crippen molar-refractivity contribution in [2.75, 3.05) is 12.8 Å². The van der Waals surface area contributed by atoms with Crippen molar-refractivity contribution in [3.63, 3.8) is 0 Å². The first-order valence-corrected chi connectivity index (χ1v) is 11.2. The molecule has 1 unspecified atom stereocenters. The third-order valence-corrected chi connectivity index (χ3v) is 6.37. The van der Waals surface area contributed by atoms with Crippen molar-refractivity contribution in [2.24, 2.45) is 5.73 Å². The molecule has 1 aliphatic rings. The molecule has 154 valence electrons. The van der Waals surface area contributed by atoms with Crippen LogP contribution in [0.15, 0.2) is 27.6 Å². The van der Waals surface area contributed by atoms with Crippen LogP contribution in [-0.4, -0.2) is 54.2 Å². The summed E-state index contributed by atoms with van der Waals surface area (Å²) in [6.45, 7) is 2.18. The number of nitrogens with zero attached hydrogens (tertiary/aromatic N) is 4. The maximum atomic E-state index is 12.7. The van der Waals surface area contributed by atoms with E-state index in [1.165, 1.54) is 23.1 Å². The first-order chi connectivity index (χ1) is 13.6. The number of sulfone groups is 1. The van der Waals surface area contributed by atoms with E-state index in [-0.39, 0.29) is 27.5 Å². The summed E-state index contributed by atoms with van der Waals surface area (Å²) in [5, 5.41) is 13.2. The van der Waals surface area contributed by atoms with Gasteiger partial charge in [0.25, 0.3) is 0 Å². The van der Waals surface area contributed by atoms with Crippen molar-refractivity contribution in [3.8, 4) is 17.5 Å². The van der Waals surface area contributed by atoms with E-state index in [1.807, 2.05) is 0 Å². The fraction of sp³-hybridized carbons (Fsp3) is 0.444. The monoisotopic (exact) mass is 437 g/mol. The van der Waals surface area contributed by atoms with Crippen LogP contribution in [0, 0.1) is 11.3 Å². The van der Waals surface area contributed by atoms with E-state index in [2.05, 4.69) is 16.2 Å². The fourth-order valence-corrected chi connectivity index (χ4v) is 4.14. The van der Waals surface area contributed by atoms with Gasteiger partial charge in [0.1, 0.15) is 6.04 Å². The molecule has 1 aliphatic heterocycles. The average Bonchev–Trinajstić information content (AvgIpc) is 3.34. The van der Waals surface area contributed by atoms with Gasteiger partial charge in [0.2, 0.25) is 17.6 Å². The molecule has 29 heavy (non-hydrogen) atoms. The third kappa shape index (κ3) is 4.27. The number of amides is 1. The molecule has 1 aromatic heterocycles. The zero-order valence-electron chi connectivity index (χ0n) is 15.9. The Morgan fingerprint density at radius 3 is 2.83 bits per heavy atom. The summed E-state index contributed by atoms with van der Waals surface area (Å²) in [5.41, 5.74) is 6.51. The average molecular weight is 438 g/mol. The number of benzene rings is 1. The standard InChI is InChI=1S/C18H20ClN5O4S/c1-10(15(21)18(25)24-7-3-4-11(24)9-20)17-22-16(23-28-17)13-6-5-12(8-14(13)19)29(2,26)27/h5-6,8,10-11,15H,3-4,7,21H2,1-2H3/t10-,11?,15-/m0/s1. The van der Waals surface area contributed by atoms with Crippen LogP contribution in [0.25, 0.3) is 11.4 Å². The Morgan fingerprint density at radius 1 is 1.48 bits per heavy atom. The molecule has 2 aromatic rings. The lowest BCUT2D eigenvalue weighted by molar-refractivity contribution is -0.133. The summed E-state index contributed by atoms with van der Waals surface area (Å²) in [6, 6.07) is 4.92. The molecule has 0 bridgehead atoms. The van der Waals surface area contributed by atoms with Gasteiger partial charge in [0, 0.05) is 18.4 Å². The lowest BCUT2D eigenvalue weighted by Crippen LogP contribution is -2.48. The summed E-state index contributed by atoms with van der Waals surface area (Å²) in [7, 11) is -3.40. The highest BCUT2D eigenvalue weighted by molar-refractivity contribution is 7.90. The molecular formula is C18H20ClN5O4S. The second kappa shape index (κ2) is 8.10. The number of likely N-dealkylation sites (tertiary alicyclic amines) is 1. The van der Waals surface area contributed by atoms with E-state index in [9.17, 15) is 18.5 Å². The first kappa shape index (κ1) is 21.2. The molecule has 2 heterocycles. The minimum absolute atomic E-state index is 0.0774. The Hall–Kier alpha value is -2.48. The Kier molecular flexibility index (Phi) is 5.93. The van der Waals surface area contributed by atoms with Gasteiger partial charge in [0.15, 0.2) is 9.84 Å². The van der Waals surface area contributed by atoms with E-state index in [1.54, 1.807) is 6.92 Å². The molecule has 3 atom stereocenters. The van der Waals surface area contributed by atoms with Crippen molar-refractivity contribution < 1.29 is 17.7 Å². The van der Waals surface area contributed by atoms with Crippen molar-refractivity contribution >= 4 is 27.3 Å². The van der Waals surface area contributed by atoms with Gasteiger partial charge in [-0.1, -0.05) is 23.7 Å². The van der Waals surface area contributed by atoms with Gasteiger partial charge >= 0.3 is 0 Å². The van der Waals surface area contributed by atoms with Crippen LogP contribution < -0.4 is 5.73 Å². The van der Waals surface area contributed by atoms with Crippen molar-refractivity contribution in [2.45, 2.75) is 42.7 Å². The molecule has 9 nitrogen and oxygen atoms in total. The predicted octanol–water partition coefficient (Wildman–Crippen LogP) is 1.74. The van der Waals surface area contributed by atoms with Gasteiger partial charge in [0.05, 0.1) is 27.9 Å². The Labute approximate surface area is 173 Å². The molecule has 2 N–H and O–H groups in total. The van der Waals surface area contributed by atoms with Crippen molar-refractivity contribution in [1.82, 2.24) is 15.0 Å². The number of halogens is 1. The molecule has 0 spiro atoms. The number of aromatic nitrogens is 2. The van der Waals surface area contributed by atoms with Crippen molar-refractivity contribution in [3.05, 3.63) is 29.1 Å². The molecule has 0 saturated carbocycles. The summed E-state index contributed by atoms with van der Waals surface area (Å²) < 4.78 is 28.5. The van der Waals surface area contributed by atoms with E-state index in [4.69, 9.17) is 21.9 Å². The van der Waals surface area contributed by atoms with Gasteiger partial charge < -0.3 is 15.2 Å². The minimum atomic E-state index is -3.40. The molecule has 3 rings (SSSR count). The van der Waals surface area contributed by atoms with Crippen LogP contribution in [0.3, 0.4) is 0 Å². The Balaban J connectivity index is 1.81. The molecule has 1 amide bonds. The Morgan fingerprint density at radius 2 is 2.21 bits per heavy atom. The number of rotatable bonds is 5. The van der Waals surface area contributed by atoms with Gasteiger partial charge in [-0.2, -0.15) is 10.2 Å². The first-order valence-electron chi connectivity index (χ1n) is 8.92. The molecular weight excluding hydrogens is 418 g/mol. The van der Waals surface area contributed by atoms with Gasteiger partial charge in [-0.25, -0.2) is 8.42 Å². The maximum absolute atomic E-state index is 12.7. The number of hydrogen-bond acceptors (Lipinski definition) is 8. The van der Waals surface area contributed by atoms with E-state index in [0.29, 0.717) is 18.5 Å². The number of nitriles is 1. The van der Waals surface area contributed by atoms with Crippen LogP contribution >= 0.6 is 11.6 Å².